The first-order valence-corrected chi connectivity index (χ1v) is 18.3. The van der Waals surface area contributed by atoms with Gasteiger partial charge in [-0.05, 0) is 47.6 Å². The molecule has 274 valence electrons. The first kappa shape index (κ1) is 40.4. The van der Waals surface area contributed by atoms with Gasteiger partial charge in [0, 0.05) is 31.7 Å². The molecule has 0 saturated carbocycles. The normalized spacial score (nSPS) is 19.3. The number of benzene rings is 1. The molecule has 0 radical (unpaired) electrons. The zero-order valence-corrected chi connectivity index (χ0v) is 31.7. The molecule has 1 aromatic carbocycles. The van der Waals surface area contributed by atoms with Crippen LogP contribution in [0.15, 0.2) is 24.3 Å². The summed E-state index contributed by atoms with van der Waals surface area (Å²) in [5.74, 6) is -0.496. The third-order valence-electron chi connectivity index (χ3n) is 9.30. The van der Waals surface area contributed by atoms with Gasteiger partial charge in [0.2, 0.25) is 11.8 Å². The Morgan fingerprint density at radius 3 is 2.22 bits per heavy atom. The molecular weight excluding hydrogens is 657 g/mol. The number of hydrogen-bond acceptors (Lipinski definition) is 7. The molecule has 0 aromatic heterocycles. The van der Waals surface area contributed by atoms with E-state index in [1.807, 2.05) is 73.6 Å². The lowest BCUT2D eigenvalue weighted by atomic mass is 9.84. The number of likely N-dealkylation sites (tertiary alicyclic amines) is 1. The molecule has 1 saturated heterocycles. The zero-order chi connectivity index (χ0) is 37.6. The predicted octanol–water partition coefficient (Wildman–Crippen LogP) is 3.16. The number of urea groups is 1. The minimum absolute atomic E-state index is 0.00998. The van der Waals surface area contributed by atoms with Gasteiger partial charge < -0.3 is 31.1 Å². The van der Waals surface area contributed by atoms with Gasteiger partial charge in [0.05, 0.1) is 11.8 Å². The SMILES string of the molecule is C#CCSC(NC(=O)[C@@H]1[C@@H](C(C)C)CCN1C(=O)[C@@H](NC(=O)N[C@H](CN1Cc2ccccc2C1=O)C(C)(C)C)C(C)(C)C)C(=O)C(=O)NCC. The molecule has 0 aliphatic carbocycles. The summed E-state index contributed by atoms with van der Waals surface area (Å²) in [6.45, 7) is 18.3. The van der Waals surface area contributed by atoms with Crippen molar-refractivity contribution in [1.82, 2.24) is 31.1 Å². The molecule has 6 amide bonds. The van der Waals surface area contributed by atoms with Crippen LogP contribution in [0.4, 0.5) is 4.79 Å². The molecule has 2 heterocycles. The number of fused-ring (bicyclic) bond motifs is 1. The van der Waals surface area contributed by atoms with Gasteiger partial charge in [-0.1, -0.05) is 79.5 Å². The van der Waals surface area contributed by atoms with Crippen LogP contribution in [0.5, 0.6) is 0 Å². The highest BCUT2D eigenvalue weighted by Crippen LogP contribution is 2.34. The van der Waals surface area contributed by atoms with Crippen LogP contribution >= 0.6 is 11.8 Å². The Balaban J connectivity index is 1.83. The van der Waals surface area contributed by atoms with Crippen LogP contribution in [0.3, 0.4) is 0 Å². The number of thioether (sulfide) groups is 1. The lowest BCUT2D eigenvalue weighted by Gasteiger charge is -2.38. The number of likely N-dealkylation sites (N-methyl/N-ethyl adjacent to an activating group) is 1. The topological polar surface area (TPSA) is 157 Å². The van der Waals surface area contributed by atoms with E-state index in [0.29, 0.717) is 18.5 Å². The van der Waals surface area contributed by atoms with Crippen molar-refractivity contribution >= 4 is 47.2 Å². The number of amides is 6. The Labute approximate surface area is 301 Å². The first-order chi connectivity index (χ1) is 23.3. The number of ketones is 1. The van der Waals surface area contributed by atoms with E-state index < -0.39 is 63.9 Å². The Morgan fingerprint density at radius 1 is 1.00 bits per heavy atom. The standard InChI is InChI=1S/C37H54N6O6S/c1-11-19-50-32(28(44)31(46)38-12-2)41-30(45)27-24(22(3)4)17-18-43(27)34(48)29(37(8,9)10)40-35(49)39-26(36(5,6)7)21-42-20-23-15-13-14-16-25(23)33(42)47/h1,13-16,22,24,26-27,29,32H,12,17-21H2,2-10H3,(H,38,46)(H,41,45)(H2,39,40,49)/t24-,26-,27+,29-,32?/m1/s1. The van der Waals surface area contributed by atoms with Gasteiger partial charge in [-0.2, -0.15) is 0 Å². The number of nitrogens with zero attached hydrogens (tertiary/aromatic N) is 2. The summed E-state index contributed by atoms with van der Waals surface area (Å²) in [7, 11) is 0. The van der Waals surface area contributed by atoms with Gasteiger partial charge >= 0.3 is 6.03 Å². The van der Waals surface area contributed by atoms with E-state index in [-0.39, 0.29) is 43.1 Å². The van der Waals surface area contributed by atoms with E-state index in [2.05, 4.69) is 27.2 Å². The maximum Gasteiger partial charge on any atom is 0.315 e. The number of terminal acetylenes is 1. The van der Waals surface area contributed by atoms with Crippen LogP contribution in [0.1, 0.15) is 84.7 Å². The molecule has 5 atom stereocenters. The molecule has 1 fully saturated rings. The number of rotatable bonds is 13. The van der Waals surface area contributed by atoms with Crippen LogP contribution in [0, 0.1) is 35.0 Å². The summed E-state index contributed by atoms with van der Waals surface area (Å²) in [6.07, 6.45) is 5.95. The fourth-order valence-electron chi connectivity index (χ4n) is 6.36. The molecular formula is C37H54N6O6S. The van der Waals surface area contributed by atoms with Gasteiger partial charge in [0.15, 0.2) is 0 Å². The number of Topliss-reactive ketones (excluding diaryl/α,β-unsaturated/α-hetero) is 1. The van der Waals surface area contributed by atoms with E-state index in [1.54, 1.807) is 17.9 Å². The monoisotopic (exact) mass is 710 g/mol. The van der Waals surface area contributed by atoms with Crippen molar-refractivity contribution in [3.8, 4) is 12.3 Å². The van der Waals surface area contributed by atoms with E-state index in [4.69, 9.17) is 6.42 Å². The molecule has 0 spiro atoms. The quantitative estimate of drug-likeness (QED) is 0.139. The minimum atomic E-state index is -1.23. The molecule has 0 bridgehead atoms. The Morgan fingerprint density at radius 2 is 1.66 bits per heavy atom. The maximum absolute atomic E-state index is 14.4. The summed E-state index contributed by atoms with van der Waals surface area (Å²) in [4.78, 5) is 83.8. The van der Waals surface area contributed by atoms with Crippen molar-refractivity contribution in [3.05, 3.63) is 35.4 Å². The number of nitrogens with one attached hydrogen (secondary N) is 4. The van der Waals surface area contributed by atoms with Crippen molar-refractivity contribution in [2.75, 3.05) is 25.4 Å². The fraction of sp³-hybridized carbons (Fsp3) is 0.622. The maximum atomic E-state index is 14.4. The predicted molar refractivity (Wildman–Crippen MR) is 195 cm³/mol. The highest BCUT2D eigenvalue weighted by Gasteiger charge is 2.48. The van der Waals surface area contributed by atoms with Gasteiger partial charge in [-0.15, -0.1) is 18.2 Å². The van der Waals surface area contributed by atoms with E-state index in [0.717, 1.165) is 17.3 Å². The Hall–Kier alpha value is -4.05. The van der Waals surface area contributed by atoms with Gasteiger partial charge in [0.25, 0.3) is 17.6 Å². The second-order valence-corrected chi connectivity index (χ2v) is 16.6. The van der Waals surface area contributed by atoms with Crippen LogP contribution in [0.25, 0.3) is 0 Å². The second kappa shape index (κ2) is 16.8. The average molecular weight is 711 g/mol. The molecule has 4 N–H and O–H groups in total. The van der Waals surface area contributed by atoms with Crippen molar-refractivity contribution in [3.63, 3.8) is 0 Å². The van der Waals surface area contributed by atoms with Crippen molar-refractivity contribution in [2.45, 2.75) is 98.8 Å². The summed E-state index contributed by atoms with van der Waals surface area (Å²) in [6, 6.07) is 4.46. The number of carbonyl (C=O) groups excluding carboxylic acids is 6. The van der Waals surface area contributed by atoms with Crippen molar-refractivity contribution < 1.29 is 28.8 Å². The summed E-state index contributed by atoms with van der Waals surface area (Å²) in [5, 5.41) is 9.86. The van der Waals surface area contributed by atoms with Crippen LogP contribution in [-0.4, -0.2) is 94.1 Å². The zero-order valence-electron chi connectivity index (χ0n) is 30.8. The highest BCUT2D eigenvalue weighted by atomic mass is 32.2. The lowest BCUT2D eigenvalue weighted by Crippen LogP contribution is -2.62. The highest BCUT2D eigenvalue weighted by molar-refractivity contribution is 8.00. The number of hydrogen-bond donors (Lipinski definition) is 4. The largest absolute Gasteiger partial charge is 0.350 e. The van der Waals surface area contributed by atoms with Crippen molar-refractivity contribution in [1.29, 1.82) is 0 Å². The molecule has 1 aromatic rings. The summed E-state index contributed by atoms with van der Waals surface area (Å²) in [5.41, 5.74) is 0.400. The third-order valence-corrected chi connectivity index (χ3v) is 10.3. The minimum Gasteiger partial charge on any atom is -0.350 e. The molecule has 2 aliphatic heterocycles. The van der Waals surface area contributed by atoms with Crippen LogP contribution in [-0.2, 0) is 25.7 Å². The van der Waals surface area contributed by atoms with E-state index >= 15 is 0 Å². The molecule has 13 heteroatoms. The summed E-state index contributed by atoms with van der Waals surface area (Å²) < 4.78 is 0. The second-order valence-electron chi connectivity index (χ2n) is 15.5. The number of carbonyl (C=O) groups is 6. The first-order valence-electron chi connectivity index (χ1n) is 17.2. The Kier molecular flexibility index (Phi) is 13.5. The van der Waals surface area contributed by atoms with Gasteiger partial charge in [-0.25, -0.2) is 4.79 Å². The fourth-order valence-corrected chi connectivity index (χ4v) is 7.08. The molecule has 2 aliphatic rings. The average Bonchev–Trinajstić information content (AvgIpc) is 3.62. The van der Waals surface area contributed by atoms with E-state index in [1.165, 1.54) is 4.90 Å². The smallest absolute Gasteiger partial charge is 0.315 e. The lowest BCUT2D eigenvalue weighted by molar-refractivity contribution is -0.144. The van der Waals surface area contributed by atoms with Gasteiger partial charge in [-0.3, -0.25) is 24.0 Å². The molecule has 3 rings (SSSR count). The Bertz CT molecular complexity index is 1490. The molecule has 1 unspecified atom stereocenters. The van der Waals surface area contributed by atoms with Crippen LogP contribution in [0.2, 0.25) is 0 Å². The van der Waals surface area contributed by atoms with Gasteiger partial charge in [0.1, 0.15) is 17.5 Å². The molecule has 50 heavy (non-hydrogen) atoms. The summed E-state index contributed by atoms with van der Waals surface area (Å²) >= 11 is 0.953. The van der Waals surface area contributed by atoms with Crippen LogP contribution < -0.4 is 21.3 Å². The van der Waals surface area contributed by atoms with E-state index in [9.17, 15) is 28.8 Å². The van der Waals surface area contributed by atoms with Crippen molar-refractivity contribution in [2.24, 2.45) is 22.7 Å². The third kappa shape index (κ3) is 9.80. The molecule has 12 nitrogen and oxygen atoms in total.